The molecule has 3 nitrogen and oxygen atoms in total. The van der Waals surface area contributed by atoms with E-state index in [9.17, 15) is 13.4 Å². The van der Waals surface area contributed by atoms with Crippen molar-refractivity contribution in [2.75, 3.05) is 6.54 Å². The third-order valence-electron chi connectivity index (χ3n) is 2.74. The van der Waals surface area contributed by atoms with Crippen molar-refractivity contribution >= 4 is 16.7 Å². The number of carbonyl (C=O) groups excluding carboxylic acids is 1. The molecule has 0 aliphatic heterocycles. The lowest BCUT2D eigenvalue weighted by molar-refractivity contribution is -0.120. The predicted octanol–water partition coefficient (Wildman–Crippen LogP) is 2.48. The van der Waals surface area contributed by atoms with E-state index in [1.54, 1.807) is 13.0 Å². The van der Waals surface area contributed by atoms with Gasteiger partial charge < -0.3 is 5.32 Å². The van der Waals surface area contributed by atoms with E-state index >= 15 is 0 Å². The van der Waals surface area contributed by atoms with Crippen LogP contribution < -0.4 is 5.32 Å². The number of amides is 1. The maximum Gasteiger partial charge on any atom is 0.235 e. The van der Waals surface area contributed by atoms with Gasteiger partial charge >= 0.3 is 0 Å². The molecule has 106 valence electrons. The molecular weight excluding hydrogens is 265 g/mol. The summed E-state index contributed by atoms with van der Waals surface area (Å²) in [6.45, 7) is 6.30. The molecule has 1 amide bonds. The van der Waals surface area contributed by atoms with Gasteiger partial charge in [-0.1, -0.05) is 19.9 Å². The fraction of sp³-hybridized carbons (Fsp3) is 0.500. The molecule has 0 aromatic heterocycles. The van der Waals surface area contributed by atoms with Crippen molar-refractivity contribution in [2.24, 2.45) is 5.92 Å². The van der Waals surface area contributed by atoms with Crippen molar-refractivity contribution in [2.45, 2.75) is 37.3 Å². The summed E-state index contributed by atoms with van der Waals surface area (Å²) in [6, 6.07) is 5.55. The minimum Gasteiger partial charge on any atom is -0.355 e. The Balaban J connectivity index is 2.59. The van der Waals surface area contributed by atoms with E-state index in [-0.39, 0.29) is 5.91 Å². The molecule has 0 fully saturated rings. The van der Waals surface area contributed by atoms with Crippen LogP contribution in [0.4, 0.5) is 4.39 Å². The Morgan fingerprint density at radius 2 is 2.05 bits per heavy atom. The molecule has 2 unspecified atom stereocenters. The highest BCUT2D eigenvalue weighted by atomic mass is 32.2. The van der Waals surface area contributed by atoms with Gasteiger partial charge in [-0.15, -0.1) is 0 Å². The lowest BCUT2D eigenvalue weighted by Crippen LogP contribution is -2.36. The summed E-state index contributed by atoms with van der Waals surface area (Å²) in [6.07, 6.45) is 0.880. The molecule has 1 aromatic carbocycles. The summed E-state index contributed by atoms with van der Waals surface area (Å²) in [5.41, 5.74) is 0. The Morgan fingerprint density at radius 1 is 1.37 bits per heavy atom. The maximum atomic E-state index is 13.0. The molecule has 0 aliphatic rings. The van der Waals surface area contributed by atoms with Crippen molar-refractivity contribution in [3.63, 3.8) is 0 Å². The fourth-order valence-electron chi connectivity index (χ4n) is 1.52. The largest absolute Gasteiger partial charge is 0.355 e. The summed E-state index contributed by atoms with van der Waals surface area (Å²) in [5.74, 6) is -0.203. The summed E-state index contributed by atoms with van der Waals surface area (Å²) in [7, 11) is -1.53. The second-order valence-electron chi connectivity index (χ2n) is 4.87. The van der Waals surface area contributed by atoms with Crippen LogP contribution in [-0.4, -0.2) is 21.9 Å². The first-order valence-corrected chi connectivity index (χ1v) is 7.57. The minimum atomic E-state index is -1.53. The lowest BCUT2D eigenvalue weighted by Gasteiger charge is -2.13. The average molecular weight is 285 g/mol. The normalized spacial score (nSPS) is 14.2. The summed E-state index contributed by atoms with van der Waals surface area (Å²) >= 11 is 0. The van der Waals surface area contributed by atoms with Gasteiger partial charge in [0, 0.05) is 11.4 Å². The van der Waals surface area contributed by atoms with E-state index in [0.29, 0.717) is 17.4 Å². The van der Waals surface area contributed by atoms with Gasteiger partial charge in [-0.2, -0.15) is 0 Å². The van der Waals surface area contributed by atoms with E-state index in [2.05, 4.69) is 19.2 Å². The lowest BCUT2D eigenvalue weighted by atomic mass is 10.1. The Morgan fingerprint density at radius 3 is 2.63 bits per heavy atom. The molecule has 0 bridgehead atoms. The molecule has 1 rings (SSSR count). The zero-order valence-electron chi connectivity index (χ0n) is 11.5. The fourth-order valence-corrected chi connectivity index (χ4v) is 2.65. The Hall–Kier alpha value is -1.23. The summed E-state index contributed by atoms with van der Waals surface area (Å²) < 4.78 is 25.2. The number of hydrogen-bond donors (Lipinski definition) is 1. The summed E-state index contributed by atoms with van der Waals surface area (Å²) in [4.78, 5) is 12.2. The number of rotatable bonds is 6. The molecular formula is C14H20FNO2S. The molecule has 0 aliphatic carbocycles. The van der Waals surface area contributed by atoms with Gasteiger partial charge in [-0.25, -0.2) is 4.39 Å². The van der Waals surface area contributed by atoms with Gasteiger partial charge in [0.2, 0.25) is 5.91 Å². The quantitative estimate of drug-likeness (QED) is 0.873. The minimum absolute atomic E-state index is 0.261. The van der Waals surface area contributed by atoms with Crippen molar-refractivity contribution < 1.29 is 13.4 Å². The Bertz CT molecular complexity index is 463. The number of hydrogen-bond acceptors (Lipinski definition) is 2. The topological polar surface area (TPSA) is 46.2 Å². The first-order chi connectivity index (χ1) is 8.91. The molecule has 0 radical (unpaired) electrons. The van der Waals surface area contributed by atoms with Crippen LogP contribution in [-0.2, 0) is 15.6 Å². The van der Waals surface area contributed by atoms with Crippen LogP contribution in [0.3, 0.4) is 0 Å². The van der Waals surface area contributed by atoms with Crippen molar-refractivity contribution in [3.8, 4) is 0 Å². The third-order valence-corrected chi connectivity index (χ3v) is 4.31. The van der Waals surface area contributed by atoms with Crippen LogP contribution in [0.5, 0.6) is 0 Å². The average Bonchev–Trinajstić information content (AvgIpc) is 2.36. The second kappa shape index (κ2) is 7.38. The van der Waals surface area contributed by atoms with E-state index in [1.807, 2.05) is 0 Å². The van der Waals surface area contributed by atoms with Gasteiger partial charge in [0.1, 0.15) is 11.1 Å². The number of halogens is 1. The van der Waals surface area contributed by atoms with Crippen LogP contribution in [0.1, 0.15) is 27.2 Å². The molecule has 1 aromatic rings. The smallest absolute Gasteiger partial charge is 0.235 e. The SMILES string of the molecule is CC(C)CCNC(=O)C(C)S(=O)c1cccc(F)c1. The molecule has 0 saturated carbocycles. The number of benzene rings is 1. The maximum absolute atomic E-state index is 13.0. The standard InChI is InChI=1S/C14H20FNO2S/c1-10(2)7-8-16-14(17)11(3)19(18)13-6-4-5-12(15)9-13/h4-6,9-11H,7-8H2,1-3H3,(H,16,17). The van der Waals surface area contributed by atoms with Crippen molar-refractivity contribution in [1.82, 2.24) is 5.32 Å². The number of nitrogens with one attached hydrogen (secondary N) is 1. The van der Waals surface area contributed by atoms with E-state index in [1.165, 1.54) is 18.2 Å². The highest BCUT2D eigenvalue weighted by Gasteiger charge is 2.21. The highest BCUT2D eigenvalue weighted by molar-refractivity contribution is 7.86. The molecule has 1 N–H and O–H groups in total. The highest BCUT2D eigenvalue weighted by Crippen LogP contribution is 2.13. The van der Waals surface area contributed by atoms with Crippen LogP contribution in [0.2, 0.25) is 0 Å². The second-order valence-corrected chi connectivity index (χ2v) is 6.64. The van der Waals surface area contributed by atoms with Gasteiger partial charge in [-0.3, -0.25) is 9.00 Å². The molecule has 19 heavy (non-hydrogen) atoms. The Kier molecular flexibility index (Phi) is 6.15. The molecule has 0 spiro atoms. The first kappa shape index (κ1) is 15.8. The van der Waals surface area contributed by atoms with Gasteiger partial charge in [0.05, 0.1) is 10.8 Å². The van der Waals surface area contributed by atoms with Crippen molar-refractivity contribution in [3.05, 3.63) is 30.1 Å². The van der Waals surface area contributed by atoms with Crippen LogP contribution >= 0.6 is 0 Å². The van der Waals surface area contributed by atoms with Gasteiger partial charge in [0.25, 0.3) is 0 Å². The van der Waals surface area contributed by atoms with Gasteiger partial charge in [-0.05, 0) is 37.5 Å². The zero-order valence-corrected chi connectivity index (χ0v) is 12.3. The summed E-state index contributed by atoms with van der Waals surface area (Å²) in [5, 5.41) is 2.07. The molecule has 0 heterocycles. The Labute approximate surface area is 116 Å². The predicted molar refractivity (Wildman–Crippen MR) is 74.7 cm³/mol. The third kappa shape index (κ3) is 5.11. The van der Waals surface area contributed by atoms with Crippen molar-refractivity contribution in [1.29, 1.82) is 0 Å². The first-order valence-electron chi connectivity index (χ1n) is 6.35. The molecule has 0 saturated heterocycles. The van der Waals surface area contributed by atoms with E-state index < -0.39 is 21.9 Å². The molecule has 2 atom stereocenters. The monoisotopic (exact) mass is 285 g/mol. The van der Waals surface area contributed by atoms with Crippen LogP contribution in [0, 0.1) is 11.7 Å². The molecule has 5 heteroatoms. The zero-order chi connectivity index (χ0) is 14.4. The van der Waals surface area contributed by atoms with Crippen LogP contribution in [0.15, 0.2) is 29.2 Å². The number of carbonyl (C=O) groups is 1. The van der Waals surface area contributed by atoms with Gasteiger partial charge in [0.15, 0.2) is 0 Å². The van der Waals surface area contributed by atoms with E-state index in [0.717, 1.165) is 6.42 Å². The van der Waals surface area contributed by atoms with Crippen LogP contribution in [0.25, 0.3) is 0 Å². The van der Waals surface area contributed by atoms with E-state index in [4.69, 9.17) is 0 Å².